The summed E-state index contributed by atoms with van der Waals surface area (Å²) in [5, 5.41) is 2.62. The summed E-state index contributed by atoms with van der Waals surface area (Å²) in [6.45, 7) is 4.63. The Morgan fingerprint density at radius 3 is 2.22 bits per heavy atom. The van der Waals surface area contributed by atoms with Crippen molar-refractivity contribution in [2.24, 2.45) is 0 Å². The van der Waals surface area contributed by atoms with Gasteiger partial charge < -0.3 is 0 Å². The van der Waals surface area contributed by atoms with Crippen LogP contribution in [0.4, 0.5) is 0 Å². The van der Waals surface area contributed by atoms with Crippen molar-refractivity contribution >= 4 is 37.5 Å². The Kier molecular flexibility index (Phi) is 5.00. The van der Waals surface area contributed by atoms with E-state index in [-0.39, 0.29) is 7.92 Å². The van der Waals surface area contributed by atoms with E-state index in [0.717, 1.165) is 0 Å². The van der Waals surface area contributed by atoms with Crippen molar-refractivity contribution in [3.8, 4) is 0 Å². The van der Waals surface area contributed by atoms with Gasteiger partial charge in [0.25, 0.3) is 0 Å². The molecular formula is C15H17ClPSi. The zero-order valence-corrected chi connectivity index (χ0v) is 13.4. The molecule has 0 unspecified atom stereocenters. The minimum absolute atomic E-state index is 0.0710. The summed E-state index contributed by atoms with van der Waals surface area (Å²) in [6.07, 6.45) is 1.17. The zero-order chi connectivity index (χ0) is 13.0. The predicted octanol–water partition coefficient (Wildman–Crippen LogP) is 3.27. The van der Waals surface area contributed by atoms with E-state index in [9.17, 15) is 0 Å². The molecule has 3 heteroatoms. The fourth-order valence-corrected chi connectivity index (χ4v) is 5.48. The number of hydrogen-bond acceptors (Lipinski definition) is 0. The Bertz CT molecular complexity index is 499. The molecule has 0 saturated carbocycles. The highest BCUT2D eigenvalue weighted by atomic mass is 35.6. The van der Waals surface area contributed by atoms with E-state index in [2.05, 4.69) is 61.9 Å². The van der Waals surface area contributed by atoms with Crippen molar-refractivity contribution in [2.45, 2.75) is 6.16 Å². The first-order valence-corrected chi connectivity index (χ1v) is 10.9. The number of hydrogen-bond donors (Lipinski definition) is 0. The average Bonchev–Trinajstić information content (AvgIpc) is 2.39. The summed E-state index contributed by atoms with van der Waals surface area (Å²) in [7, 11) is -1.07. The maximum Gasteiger partial charge on any atom is 0.234 e. The van der Waals surface area contributed by atoms with Gasteiger partial charge in [0.05, 0.1) is 0 Å². The molecule has 2 aromatic carbocycles. The van der Waals surface area contributed by atoms with Crippen LogP contribution in [0.5, 0.6) is 0 Å². The van der Waals surface area contributed by atoms with Gasteiger partial charge in [-0.2, -0.15) is 11.1 Å². The van der Waals surface area contributed by atoms with Crippen LogP contribution in [-0.2, 0) is 6.16 Å². The summed E-state index contributed by atoms with van der Waals surface area (Å²) in [6, 6.07) is 19.1. The molecule has 0 nitrogen and oxygen atoms in total. The van der Waals surface area contributed by atoms with E-state index in [1.54, 1.807) is 0 Å². The van der Waals surface area contributed by atoms with Crippen molar-refractivity contribution in [3.05, 3.63) is 60.2 Å². The van der Waals surface area contributed by atoms with E-state index >= 15 is 0 Å². The fraction of sp³-hybridized carbons (Fsp3) is 0.200. The molecule has 0 atom stereocenters. The Balaban J connectivity index is 2.33. The Labute approximate surface area is 117 Å². The van der Waals surface area contributed by atoms with Crippen LogP contribution in [0.25, 0.3) is 0 Å². The van der Waals surface area contributed by atoms with Crippen LogP contribution in [0.15, 0.2) is 54.6 Å². The molecule has 0 saturated heterocycles. The number of benzene rings is 2. The molecule has 1 radical (unpaired) electrons. The van der Waals surface area contributed by atoms with Crippen molar-refractivity contribution in [3.63, 3.8) is 0 Å². The molecule has 0 spiro atoms. The van der Waals surface area contributed by atoms with Gasteiger partial charge in [-0.3, -0.25) is 0 Å². The largest absolute Gasteiger partial charge is 0.234 e. The van der Waals surface area contributed by atoms with E-state index in [0.29, 0.717) is 0 Å². The first-order valence-electron chi connectivity index (χ1n) is 5.99. The van der Waals surface area contributed by atoms with E-state index in [1.807, 2.05) is 6.07 Å². The topological polar surface area (TPSA) is 0 Å². The molecule has 0 amide bonds. The summed E-state index contributed by atoms with van der Waals surface area (Å²) in [4.78, 5) is 0. The lowest BCUT2D eigenvalue weighted by Gasteiger charge is -2.15. The predicted molar refractivity (Wildman–Crippen MR) is 86.2 cm³/mol. The molecular weight excluding hydrogens is 275 g/mol. The van der Waals surface area contributed by atoms with E-state index < -0.39 is 8.11 Å². The van der Waals surface area contributed by atoms with Crippen LogP contribution >= 0.6 is 19.0 Å². The highest BCUT2D eigenvalue weighted by molar-refractivity contribution is 7.55. The van der Waals surface area contributed by atoms with Gasteiger partial charge in [-0.25, -0.2) is 0 Å². The smallest absolute Gasteiger partial charge is 0.156 e. The lowest BCUT2D eigenvalue weighted by Crippen LogP contribution is -2.39. The number of halogens is 1. The SMILES string of the molecule is CP(C)Cc1ccccc1[Si](Cl)c1ccccc1. The lowest BCUT2D eigenvalue weighted by atomic mass is 10.2. The van der Waals surface area contributed by atoms with Crippen molar-refractivity contribution in [2.75, 3.05) is 13.3 Å². The molecule has 18 heavy (non-hydrogen) atoms. The minimum Gasteiger partial charge on any atom is -0.156 e. The van der Waals surface area contributed by atoms with Gasteiger partial charge in [-0.1, -0.05) is 54.6 Å². The van der Waals surface area contributed by atoms with Gasteiger partial charge in [0.15, 0.2) is 0 Å². The molecule has 0 fully saturated rings. The third-order valence-corrected chi connectivity index (χ3v) is 6.81. The van der Waals surface area contributed by atoms with Gasteiger partial charge in [0.2, 0.25) is 8.11 Å². The van der Waals surface area contributed by atoms with Crippen LogP contribution in [0.2, 0.25) is 0 Å². The fourth-order valence-electron chi connectivity index (χ4n) is 1.95. The summed E-state index contributed by atoms with van der Waals surface area (Å²) >= 11 is 6.73. The first-order chi connectivity index (χ1) is 8.68. The van der Waals surface area contributed by atoms with Gasteiger partial charge >= 0.3 is 0 Å². The molecule has 0 N–H and O–H groups in total. The monoisotopic (exact) mass is 291 g/mol. The van der Waals surface area contributed by atoms with E-state index in [1.165, 1.54) is 22.1 Å². The molecule has 0 aliphatic heterocycles. The molecule has 2 aromatic rings. The highest BCUT2D eigenvalue weighted by Gasteiger charge is 2.17. The van der Waals surface area contributed by atoms with Crippen LogP contribution in [0, 0.1) is 0 Å². The van der Waals surface area contributed by atoms with E-state index in [4.69, 9.17) is 11.1 Å². The van der Waals surface area contributed by atoms with Crippen molar-refractivity contribution < 1.29 is 0 Å². The summed E-state index contributed by atoms with van der Waals surface area (Å²) < 4.78 is 0. The minimum atomic E-state index is -1.14. The average molecular weight is 292 g/mol. The maximum atomic E-state index is 6.73. The first kappa shape index (κ1) is 13.8. The Hall–Kier alpha value is -0.623. The second-order valence-corrected chi connectivity index (χ2v) is 9.93. The van der Waals surface area contributed by atoms with Crippen LogP contribution in [0.1, 0.15) is 5.56 Å². The Morgan fingerprint density at radius 2 is 1.56 bits per heavy atom. The highest BCUT2D eigenvalue weighted by Crippen LogP contribution is 2.29. The van der Waals surface area contributed by atoms with Crippen LogP contribution in [0.3, 0.4) is 0 Å². The molecule has 0 bridgehead atoms. The molecule has 0 heterocycles. The third kappa shape index (κ3) is 3.44. The van der Waals surface area contributed by atoms with Gasteiger partial charge in [0, 0.05) is 0 Å². The Morgan fingerprint density at radius 1 is 0.944 bits per heavy atom. The quantitative estimate of drug-likeness (QED) is 0.461. The van der Waals surface area contributed by atoms with Gasteiger partial charge in [-0.15, -0.1) is 7.92 Å². The molecule has 0 aliphatic carbocycles. The third-order valence-electron chi connectivity index (χ3n) is 2.77. The normalized spacial score (nSPS) is 11.2. The molecule has 0 aromatic heterocycles. The van der Waals surface area contributed by atoms with Gasteiger partial charge in [0.1, 0.15) is 0 Å². The molecule has 93 valence electrons. The molecule has 0 aliphatic rings. The lowest BCUT2D eigenvalue weighted by molar-refractivity contribution is 1.43. The second-order valence-electron chi connectivity index (χ2n) is 4.57. The zero-order valence-electron chi connectivity index (χ0n) is 10.7. The second kappa shape index (κ2) is 6.52. The van der Waals surface area contributed by atoms with Crippen LogP contribution < -0.4 is 10.4 Å². The number of rotatable bonds is 4. The van der Waals surface area contributed by atoms with Crippen LogP contribution in [-0.4, -0.2) is 21.4 Å². The van der Waals surface area contributed by atoms with Crippen molar-refractivity contribution in [1.29, 1.82) is 0 Å². The summed E-state index contributed by atoms with van der Waals surface area (Å²) in [5.74, 6) is 0. The summed E-state index contributed by atoms with van der Waals surface area (Å²) in [5.41, 5.74) is 1.43. The van der Waals surface area contributed by atoms with Gasteiger partial charge in [-0.05, 0) is 35.4 Å². The standard InChI is InChI=1S/C15H17ClPSi/c1-17(2)12-13-8-6-7-11-15(13)18(16)14-9-4-3-5-10-14/h3-11H,12H2,1-2H3. The maximum absolute atomic E-state index is 6.73. The molecule has 2 rings (SSSR count). The van der Waals surface area contributed by atoms with Crippen molar-refractivity contribution in [1.82, 2.24) is 0 Å².